The number of hydrogen-bond acceptors (Lipinski definition) is 4. The number of hydrogen-bond donors (Lipinski definition) is 1. The zero-order valence-electron chi connectivity index (χ0n) is 18.1. The van der Waals surface area contributed by atoms with Gasteiger partial charge in [0.15, 0.2) is 0 Å². The van der Waals surface area contributed by atoms with Crippen LogP contribution in [0.4, 0.5) is 10.1 Å². The highest BCUT2D eigenvalue weighted by molar-refractivity contribution is 7.92. The van der Waals surface area contributed by atoms with Crippen LogP contribution in [0.2, 0.25) is 0 Å². The molecular weight excluding hydrogens is 421 g/mol. The summed E-state index contributed by atoms with van der Waals surface area (Å²) in [5, 5.41) is 2.56. The molecule has 0 spiro atoms. The van der Waals surface area contributed by atoms with Crippen molar-refractivity contribution in [3.8, 4) is 0 Å². The fourth-order valence-electron chi connectivity index (χ4n) is 3.30. The van der Waals surface area contributed by atoms with Gasteiger partial charge in [-0.2, -0.15) is 0 Å². The van der Waals surface area contributed by atoms with E-state index < -0.39 is 34.3 Å². The van der Waals surface area contributed by atoms with E-state index in [9.17, 15) is 22.4 Å². The van der Waals surface area contributed by atoms with Crippen LogP contribution in [0, 0.1) is 12.7 Å². The number of amides is 2. The molecule has 168 valence electrons. The van der Waals surface area contributed by atoms with Crippen LogP contribution >= 0.6 is 0 Å². The van der Waals surface area contributed by atoms with E-state index in [1.807, 2.05) is 31.2 Å². The van der Waals surface area contributed by atoms with Crippen LogP contribution in [-0.2, 0) is 26.2 Å². The van der Waals surface area contributed by atoms with E-state index >= 15 is 0 Å². The summed E-state index contributed by atoms with van der Waals surface area (Å²) in [6.45, 7) is 3.26. The molecule has 31 heavy (non-hydrogen) atoms. The minimum Gasteiger partial charge on any atom is -0.357 e. The fourth-order valence-corrected chi connectivity index (χ4v) is 4.14. The summed E-state index contributed by atoms with van der Waals surface area (Å²) in [5.74, 6) is -1.53. The summed E-state index contributed by atoms with van der Waals surface area (Å²) in [7, 11) is -2.40. The van der Waals surface area contributed by atoms with Crippen LogP contribution in [0.25, 0.3) is 0 Å². The normalized spacial score (nSPS) is 12.2. The second kappa shape index (κ2) is 10.4. The summed E-state index contributed by atoms with van der Waals surface area (Å²) >= 11 is 0. The van der Waals surface area contributed by atoms with E-state index in [4.69, 9.17) is 0 Å². The van der Waals surface area contributed by atoms with Crippen LogP contribution < -0.4 is 9.62 Å². The molecule has 0 unspecified atom stereocenters. The molecule has 0 saturated heterocycles. The van der Waals surface area contributed by atoms with Gasteiger partial charge in [-0.1, -0.05) is 37.3 Å². The molecule has 0 aliphatic rings. The highest BCUT2D eigenvalue weighted by Gasteiger charge is 2.31. The highest BCUT2D eigenvalue weighted by Crippen LogP contribution is 2.21. The number of halogens is 1. The Labute approximate surface area is 182 Å². The van der Waals surface area contributed by atoms with E-state index in [-0.39, 0.29) is 18.1 Å². The van der Waals surface area contributed by atoms with E-state index in [2.05, 4.69) is 5.32 Å². The van der Waals surface area contributed by atoms with Crippen molar-refractivity contribution in [2.75, 3.05) is 24.2 Å². The first-order valence-corrected chi connectivity index (χ1v) is 11.7. The van der Waals surface area contributed by atoms with Crippen molar-refractivity contribution >= 4 is 27.5 Å². The SMILES string of the molecule is CC[C@H](C(=O)NC)N(Cc1ccccc1C)C(=O)CN(c1cccc(F)c1)S(C)(=O)=O. The smallest absolute Gasteiger partial charge is 0.244 e. The number of anilines is 1. The van der Waals surface area contributed by atoms with Crippen molar-refractivity contribution in [2.45, 2.75) is 32.9 Å². The maximum absolute atomic E-state index is 13.7. The third kappa shape index (κ3) is 6.27. The third-order valence-corrected chi connectivity index (χ3v) is 6.15. The lowest BCUT2D eigenvalue weighted by Gasteiger charge is -2.33. The standard InChI is InChI=1S/C22H28FN3O4S/c1-5-20(22(28)24-3)25(14-17-10-7-6-9-16(17)2)21(27)15-26(31(4,29)30)19-12-8-11-18(23)13-19/h6-13,20H,5,14-15H2,1-4H3,(H,24,28)/t20-/m1/s1. The number of nitrogens with zero attached hydrogens (tertiary/aromatic N) is 2. The van der Waals surface area contributed by atoms with Gasteiger partial charge >= 0.3 is 0 Å². The molecule has 2 amide bonds. The van der Waals surface area contributed by atoms with Crippen LogP contribution in [-0.4, -0.2) is 51.0 Å². The molecular formula is C22H28FN3O4S. The molecule has 0 aliphatic carbocycles. The topological polar surface area (TPSA) is 86.8 Å². The zero-order chi connectivity index (χ0) is 23.2. The average molecular weight is 450 g/mol. The minimum absolute atomic E-state index is 0.0414. The first-order chi connectivity index (χ1) is 14.6. The van der Waals surface area contributed by atoms with Gasteiger partial charge in [-0.15, -0.1) is 0 Å². The minimum atomic E-state index is -3.88. The summed E-state index contributed by atoms with van der Waals surface area (Å²) < 4.78 is 39.3. The molecule has 0 aromatic heterocycles. The number of carbonyl (C=O) groups is 2. The number of rotatable bonds is 9. The maximum atomic E-state index is 13.7. The monoisotopic (exact) mass is 449 g/mol. The van der Waals surface area contributed by atoms with Gasteiger partial charge in [-0.05, 0) is 42.7 Å². The van der Waals surface area contributed by atoms with Crippen molar-refractivity contribution in [2.24, 2.45) is 0 Å². The van der Waals surface area contributed by atoms with Gasteiger partial charge < -0.3 is 10.2 Å². The first kappa shape index (κ1) is 24.3. The Balaban J connectivity index is 2.44. The molecule has 0 fully saturated rings. The van der Waals surface area contributed by atoms with Crippen molar-refractivity contribution in [3.05, 3.63) is 65.5 Å². The van der Waals surface area contributed by atoms with Gasteiger partial charge in [-0.3, -0.25) is 13.9 Å². The third-order valence-electron chi connectivity index (χ3n) is 5.01. The predicted molar refractivity (Wildman–Crippen MR) is 118 cm³/mol. The van der Waals surface area contributed by atoms with Gasteiger partial charge in [0.25, 0.3) is 0 Å². The Morgan fingerprint density at radius 3 is 2.35 bits per heavy atom. The molecule has 1 N–H and O–H groups in total. The van der Waals surface area contributed by atoms with E-state index in [0.717, 1.165) is 27.8 Å². The molecule has 0 heterocycles. The summed E-state index contributed by atoms with van der Waals surface area (Å²) in [4.78, 5) is 27.2. The molecule has 9 heteroatoms. The first-order valence-electron chi connectivity index (χ1n) is 9.87. The number of aryl methyl sites for hydroxylation is 1. The average Bonchev–Trinajstić information content (AvgIpc) is 2.71. The zero-order valence-corrected chi connectivity index (χ0v) is 18.9. The van der Waals surface area contributed by atoms with E-state index in [1.165, 1.54) is 30.1 Å². The molecule has 0 bridgehead atoms. The van der Waals surface area contributed by atoms with E-state index in [1.54, 1.807) is 6.92 Å². The Bertz CT molecular complexity index is 1040. The highest BCUT2D eigenvalue weighted by atomic mass is 32.2. The predicted octanol–water partition coefficient (Wildman–Crippen LogP) is 2.45. The lowest BCUT2D eigenvalue weighted by Crippen LogP contribution is -2.51. The summed E-state index contributed by atoms with van der Waals surface area (Å²) in [6.07, 6.45) is 1.29. The number of likely N-dealkylation sites (N-methyl/N-ethyl adjacent to an activating group) is 1. The lowest BCUT2D eigenvalue weighted by molar-refractivity contribution is -0.140. The second-order valence-corrected chi connectivity index (χ2v) is 9.14. The second-order valence-electron chi connectivity index (χ2n) is 7.24. The summed E-state index contributed by atoms with van der Waals surface area (Å²) in [5.41, 5.74) is 1.83. The fraction of sp³-hybridized carbons (Fsp3) is 0.364. The van der Waals surface area contributed by atoms with Gasteiger partial charge in [0.2, 0.25) is 21.8 Å². The molecule has 2 aromatic rings. The largest absolute Gasteiger partial charge is 0.357 e. The van der Waals surface area contributed by atoms with Crippen LogP contribution in [0.3, 0.4) is 0 Å². The Morgan fingerprint density at radius 2 is 1.81 bits per heavy atom. The molecule has 0 radical (unpaired) electrons. The van der Waals surface area contributed by atoms with Gasteiger partial charge in [-0.25, -0.2) is 12.8 Å². The van der Waals surface area contributed by atoms with Crippen LogP contribution in [0.5, 0.6) is 0 Å². The number of benzene rings is 2. The Kier molecular flexibility index (Phi) is 8.15. The van der Waals surface area contributed by atoms with E-state index in [0.29, 0.717) is 6.42 Å². The molecule has 7 nitrogen and oxygen atoms in total. The van der Waals surface area contributed by atoms with Gasteiger partial charge in [0, 0.05) is 13.6 Å². The number of sulfonamides is 1. The number of nitrogens with one attached hydrogen (secondary N) is 1. The van der Waals surface area contributed by atoms with Crippen LogP contribution in [0.15, 0.2) is 48.5 Å². The molecule has 1 atom stereocenters. The maximum Gasteiger partial charge on any atom is 0.244 e. The lowest BCUT2D eigenvalue weighted by atomic mass is 10.1. The molecule has 2 aromatic carbocycles. The van der Waals surface area contributed by atoms with Crippen molar-refractivity contribution < 1.29 is 22.4 Å². The molecule has 2 rings (SSSR count). The number of carbonyl (C=O) groups excluding carboxylic acids is 2. The van der Waals surface area contributed by atoms with Crippen molar-refractivity contribution in [1.29, 1.82) is 0 Å². The van der Waals surface area contributed by atoms with Crippen molar-refractivity contribution in [3.63, 3.8) is 0 Å². The van der Waals surface area contributed by atoms with Crippen molar-refractivity contribution in [1.82, 2.24) is 10.2 Å². The Hall–Kier alpha value is -2.94. The van der Waals surface area contributed by atoms with Crippen LogP contribution in [0.1, 0.15) is 24.5 Å². The Morgan fingerprint density at radius 1 is 1.13 bits per heavy atom. The van der Waals surface area contributed by atoms with Gasteiger partial charge in [0.1, 0.15) is 18.4 Å². The molecule has 0 saturated carbocycles. The molecule has 0 aliphatic heterocycles. The van der Waals surface area contributed by atoms with Gasteiger partial charge in [0.05, 0.1) is 11.9 Å². The quantitative estimate of drug-likeness (QED) is 0.637. The summed E-state index contributed by atoms with van der Waals surface area (Å²) in [6, 6.07) is 11.7.